The molecule has 1 aliphatic carbocycles. The maximum atomic E-state index is 11.6. The lowest BCUT2D eigenvalue weighted by Crippen LogP contribution is -2.38. The fourth-order valence-corrected chi connectivity index (χ4v) is 1.90. The number of aliphatic imine (C=N–C) groups is 1. The summed E-state index contributed by atoms with van der Waals surface area (Å²) in [6.07, 6.45) is 1.66. The topological polar surface area (TPSA) is 47.9 Å². The van der Waals surface area contributed by atoms with Crippen LogP contribution in [0, 0.1) is 0 Å². The minimum absolute atomic E-state index is 0.396. The van der Waals surface area contributed by atoms with Gasteiger partial charge in [0.1, 0.15) is 11.4 Å². The zero-order valence-corrected chi connectivity index (χ0v) is 8.90. The van der Waals surface area contributed by atoms with Gasteiger partial charge in [0.25, 0.3) is 0 Å². The van der Waals surface area contributed by atoms with Gasteiger partial charge in [0, 0.05) is 0 Å². The predicted molar refractivity (Wildman–Crippen MR) is 58.1 cm³/mol. The Balaban J connectivity index is 2.09. The van der Waals surface area contributed by atoms with E-state index in [9.17, 15) is 4.79 Å². The first-order chi connectivity index (χ1) is 7.75. The molecule has 0 aromatic heterocycles. The number of nitrogens with zero attached hydrogens (tertiary/aromatic N) is 1. The first kappa shape index (κ1) is 9.39. The molecule has 0 saturated heterocycles. The van der Waals surface area contributed by atoms with E-state index < -0.39 is 11.6 Å². The fraction of sp³-hybridized carbons (Fsp3) is 0.333. The molecule has 82 valence electrons. The van der Waals surface area contributed by atoms with Gasteiger partial charge in [0.15, 0.2) is 11.3 Å². The SMILES string of the molecule is COC(=O)C1=Nc2ccccc2OC12CC2. The Kier molecular flexibility index (Phi) is 1.80. The summed E-state index contributed by atoms with van der Waals surface area (Å²) in [5.41, 5.74) is 0.579. The van der Waals surface area contributed by atoms with Crippen molar-refractivity contribution >= 4 is 17.4 Å². The molecule has 4 heteroatoms. The van der Waals surface area contributed by atoms with Crippen LogP contribution in [-0.2, 0) is 9.53 Å². The summed E-state index contributed by atoms with van der Waals surface area (Å²) in [7, 11) is 1.36. The summed E-state index contributed by atoms with van der Waals surface area (Å²) < 4.78 is 10.6. The van der Waals surface area contributed by atoms with Gasteiger partial charge in [-0.25, -0.2) is 9.79 Å². The molecule has 0 amide bonds. The zero-order valence-electron chi connectivity index (χ0n) is 8.90. The van der Waals surface area contributed by atoms with E-state index in [0.29, 0.717) is 11.4 Å². The third kappa shape index (κ3) is 1.23. The van der Waals surface area contributed by atoms with Gasteiger partial charge in [-0.3, -0.25) is 0 Å². The molecule has 1 aliphatic heterocycles. The number of rotatable bonds is 1. The van der Waals surface area contributed by atoms with Gasteiger partial charge in [0.05, 0.1) is 7.11 Å². The standard InChI is InChI=1S/C12H11NO3/c1-15-11(14)10-12(6-7-12)16-9-5-3-2-4-8(9)13-10/h2-5H,6-7H2,1H3. The minimum atomic E-state index is -0.512. The Morgan fingerprint density at radius 2 is 2.19 bits per heavy atom. The van der Waals surface area contributed by atoms with Crippen LogP contribution in [0.5, 0.6) is 5.75 Å². The lowest BCUT2D eigenvalue weighted by Gasteiger charge is -2.24. The van der Waals surface area contributed by atoms with Crippen LogP contribution in [0.15, 0.2) is 29.3 Å². The molecule has 3 rings (SSSR count). The summed E-state index contributed by atoms with van der Waals surface area (Å²) in [6.45, 7) is 0. The summed E-state index contributed by atoms with van der Waals surface area (Å²) in [5, 5.41) is 0. The van der Waals surface area contributed by atoms with Gasteiger partial charge in [-0.1, -0.05) is 12.1 Å². The molecule has 1 heterocycles. The van der Waals surface area contributed by atoms with E-state index in [0.717, 1.165) is 18.6 Å². The Bertz CT molecular complexity index is 489. The van der Waals surface area contributed by atoms with Crippen molar-refractivity contribution in [3.8, 4) is 5.75 Å². The Morgan fingerprint density at radius 1 is 1.44 bits per heavy atom. The smallest absolute Gasteiger partial charge is 0.356 e. The number of hydrogen-bond donors (Lipinski definition) is 0. The average Bonchev–Trinajstić information content (AvgIpc) is 3.07. The molecule has 2 aliphatic rings. The van der Waals surface area contributed by atoms with Crippen LogP contribution in [0.4, 0.5) is 5.69 Å². The predicted octanol–water partition coefficient (Wildman–Crippen LogP) is 1.86. The van der Waals surface area contributed by atoms with Crippen molar-refractivity contribution in [3.63, 3.8) is 0 Å². The number of methoxy groups -OCH3 is 1. The second kappa shape index (κ2) is 3.07. The molecule has 0 unspecified atom stereocenters. The third-order valence-electron chi connectivity index (χ3n) is 2.92. The average molecular weight is 217 g/mol. The number of hydrogen-bond acceptors (Lipinski definition) is 4. The summed E-state index contributed by atoms with van der Waals surface area (Å²) >= 11 is 0. The van der Waals surface area contributed by atoms with E-state index in [-0.39, 0.29) is 0 Å². The molecular weight excluding hydrogens is 206 g/mol. The number of ether oxygens (including phenoxy) is 2. The van der Waals surface area contributed by atoms with Gasteiger partial charge in [-0.2, -0.15) is 0 Å². The van der Waals surface area contributed by atoms with Crippen molar-refractivity contribution in [2.75, 3.05) is 7.11 Å². The van der Waals surface area contributed by atoms with Crippen LogP contribution in [-0.4, -0.2) is 24.4 Å². The number of fused-ring (bicyclic) bond motifs is 1. The summed E-state index contributed by atoms with van der Waals surface area (Å²) in [6, 6.07) is 7.46. The van der Waals surface area contributed by atoms with Gasteiger partial charge in [0.2, 0.25) is 0 Å². The lowest BCUT2D eigenvalue weighted by molar-refractivity contribution is -0.133. The highest BCUT2D eigenvalue weighted by molar-refractivity contribution is 6.41. The number of carbonyl (C=O) groups excluding carboxylic acids is 1. The molecule has 4 nitrogen and oxygen atoms in total. The van der Waals surface area contributed by atoms with Crippen molar-refractivity contribution in [2.24, 2.45) is 4.99 Å². The van der Waals surface area contributed by atoms with E-state index in [2.05, 4.69) is 4.99 Å². The van der Waals surface area contributed by atoms with Crippen molar-refractivity contribution in [2.45, 2.75) is 18.4 Å². The van der Waals surface area contributed by atoms with E-state index in [1.807, 2.05) is 24.3 Å². The van der Waals surface area contributed by atoms with Crippen LogP contribution in [0.25, 0.3) is 0 Å². The highest BCUT2D eigenvalue weighted by atomic mass is 16.5. The summed E-state index contributed by atoms with van der Waals surface area (Å²) in [4.78, 5) is 15.9. The number of carbonyl (C=O) groups is 1. The van der Waals surface area contributed by atoms with Gasteiger partial charge >= 0.3 is 5.97 Å². The molecule has 0 radical (unpaired) electrons. The van der Waals surface area contributed by atoms with E-state index in [1.54, 1.807) is 0 Å². The zero-order chi connectivity index (χ0) is 11.2. The first-order valence-electron chi connectivity index (χ1n) is 5.21. The van der Waals surface area contributed by atoms with Crippen LogP contribution < -0.4 is 4.74 Å². The molecular formula is C12H11NO3. The normalized spacial score (nSPS) is 19.4. The molecule has 1 spiro atoms. The fourth-order valence-electron chi connectivity index (χ4n) is 1.90. The van der Waals surface area contributed by atoms with Crippen molar-refractivity contribution in [1.82, 2.24) is 0 Å². The van der Waals surface area contributed by atoms with Gasteiger partial charge < -0.3 is 9.47 Å². The van der Waals surface area contributed by atoms with Gasteiger partial charge in [-0.15, -0.1) is 0 Å². The molecule has 1 aromatic carbocycles. The van der Waals surface area contributed by atoms with Crippen molar-refractivity contribution in [1.29, 1.82) is 0 Å². The van der Waals surface area contributed by atoms with Crippen molar-refractivity contribution < 1.29 is 14.3 Å². The lowest BCUT2D eigenvalue weighted by atomic mass is 10.1. The molecule has 0 bridgehead atoms. The van der Waals surface area contributed by atoms with Gasteiger partial charge in [-0.05, 0) is 25.0 Å². The quantitative estimate of drug-likeness (QED) is 0.674. The van der Waals surface area contributed by atoms with Crippen LogP contribution in [0.1, 0.15) is 12.8 Å². The van der Waals surface area contributed by atoms with E-state index in [4.69, 9.17) is 9.47 Å². The second-order valence-electron chi connectivity index (χ2n) is 4.02. The number of para-hydroxylation sites is 2. The monoisotopic (exact) mass is 217 g/mol. The summed E-state index contributed by atoms with van der Waals surface area (Å²) in [5.74, 6) is 0.347. The molecule has 0 atom stereocenters. The maximum absolute atomic E-state index is 11.6. The number of esters is 1. The molecule has 1 fully saturated rings. The second-order valence-corrected chi connectivity index (χ2v) is 4.02. The number of benzene rings is 1. The first-order valence-corrected chi connectivity index (χ1v) is 5.21. The minimum Gasteiger partial charge on any atom is -0.478 e. The Labute approximate surface area is 92.9 Å². The van der Waals surface area contributed by atoms with Crippen LogP contribution in [0.3, 0.4) is 0 Å². The van der Waals surface area contributed by atoms with Crippen LogP contribution in [0.2, 0.25) is 0 Å². The largest absolute Gasteiger partial charge is 0.478 e. The van der Waals surface area contributed by atoms with E-state index in [1.165, 1.54) is 7.11 Å². The molecule has 0 N–H and O–H groups in total. The Hall–Kier alpha value is -1.84. The van der Waals surface area contributed by atoms with E-state index >= 15 is 0 Å². The van der Waals surface area contributed by atoms with Crippen LogP contribution >= 0.6 is 0 Å². The highest BCUT2D eigenvalue weighted by Gasteiger charge is 2.55. The maximum Gasteiger partial charge on any atom is 0.356 e. The molecule has 16 heavy (non-hydrogen) atoms. The molecule has 1 aromatic rings. The Morgan fingerprint density at radius 3 is 2.88 bits per heavy atom. The third-order valence-corrected chi connectivity index (χ3v) is 2.92. The molecule has 1 saturated carbocycles. The van der Waals surface area contributed by atoms with Crippen molar-refractivity contribution in [3.05, 3.63) is 24.3 Å². The highest BCUT2D eigenvalue weighted by Crippen LogP contribution is 2.48.